The second-order valence-corrected chi connectivity index (χ2v) is 25.5. The Bertz CT molecular complexity index is 3370. The fraction of sp³-hybridized carbons (Fsp3) is 0.619. The number of imidazole rings is 2. The first-order chi connectivity index (χ1) is 49.1. The number of aliphatic carboxylic acids is 3. The second-order valence-electron chi connectivity index (χ2n) is 25.5. The molecule has 0 unspecified atom stereocenters. The van der Waals surface area contributed by atoms with Crippen LogP contribution in [0.2, 0.25) is 0 Å². The average Bonchev–Trinajstić information content (AvgIpc) is 1.43. The molecular formula is C63H100N20O22. The Balaban J connectivity index is 2.28. The summed E-state index contributed by atoms with van der Waals surface area (Å²) >= 11 is 0. The Morgan fingerprint density at radius 3 is 1.13 bits per heavy atom. The molecule has 2 heterocycles. The number of primary amides is 2. The highest BCUT2D eigenvalue weighted by molar-refractivity contribution is 6.01. The van der Waals surface area contributed by atoms with E-state index < -0.39 is 248 Å². The lowest BCUT2D eigenvalue weighted by Gasteiger charge is -2.29. The molecule has 584 valence electrons. The lowest BCUT2D eigenvalue weighted by molar-refractivity contribution is -0.144. The summed E-state index contributed by atoms with van der Waals surface area (Å²) < 4.78 is 0. The zero-order valence-corrected chi connectivity index (χ0v) is 59.9. The smallest absolute Gasteiger partial charge is 0.326 e. The number of carboxylic acids is 3. The zero-order valence-electron chi connectivity index (χ0n) is 59.9. The Labute approximate surface area is 602 Å². The van der Waals surface area contributed by atoms with Gasteiger partial charge in [0.15, 0.2) is 0 Å². The van der Waals surface area contributed by atoms with Gasteiger partial charge in [0.2, 0.25) is 88.6 Å². The lowest BCUT2D eigenvalue weighted by atomic mass is 9.96. The second kappa shape index (κ2) is 44.3. The number of hydrogen-bond acceptors (Lipinski definition) is 22. The fourth-order valence-electron chi connectivity index (χ4n) is 9.63. The first-order valence-corrected chi connectivity index (χ1v) is 33.6. The van der Waals surface area contributed by atoms with E-state index in [4.69, 9.17) is 22.3 Å². The number of aromatic amines is 2. The molecule has 42 nitrogen and oxygen atoms in total. The zero-order chi connectivity index (χ0) is 79.7. The van der Waals surface area contributed by atoms with Gasteiger partial charge in [0.25, 0.3) is 0 Å². The summed E-state index contributed by atoms with van der Waals surface area (Å²) in [5, 5.41) is 69.0. The van der Waals surface area contributed by atoms with Crippen LogP contribution in [0, 0.1) is 17.8 Å². The molecular weight excluding hydrogens is 1390 g/mol. The van der Waals surface area contributed by atoms with Gasteiger partial charge in [-0.3, -0.25) is 81.5 Å². The highest BCUT2D eigenvalue weighted by Gasteiger charge is 2.38. The molecule has 0 saturated heterocycles. The van der Waals surface area contributed by atoms with Crippen LogP contribution >= 0.6 is 0 Å². The van der Waals surface area contributed by atoms with Gasteiger partial charge in [-0.05, 0) is 64.7 Å². The number of nitrogens with one attached hydrogen (secondary N) is 15. The van der Waals surface area contributed by atoms with Gasteiger partial charge in [-0.15, -0.1) is 0 Å². The first kappa shape index (κ1) is 89.9. The van der Waals surface area contributed by atoms with Gasteiger partial charge in [0.05, 0.1) is 31.7 Å². The summed E-state index contributed by atoms with van der Waals surface area (Å²) in [4.78, 5) is 250. The van der Waals surface area contributed by atoms with E-state index in [1.165, 1.54) is 52.7 Å². The summed E-state index contributed by atoms with van der Waals surface area (Å²) in [6.07, 6.45) is 0.951. The van der Waals surface area contributed by atoms with Crippen molar-refractivity contribution in [2.24, 2.45) is 35.0 Å². The summed E-state index contributed by atoms with van der Waals surface area (Å²) in [6.45, 7) is 13.6. The van der Waals surface area contributed by atoms with Crippen molar-refractivity contribution in [3.63, 3.8) is 0 Å². The summed E-state index contributed by atoms with van der Waals surface area (Å²) in [5.74, 6) is -21.5. The molecule has 105 heavy (non-hydrogen) atoms. The van der Waals surface area contributed by atoms with Crippen LogP contribution in [-0.2, 0) is 99.1 Å². The van der Waals surface area contributed by atoms with Crippen LogP contribution in [-0.4, -0.2) is 238 Å². The molecule has 0 fully saturated rings. The van der Waals surface area contributed by atoms with Crippen molar-refractivity contribution in [3.05, 3.63) is 36.4 Å². The van der Waals surface area contributed by atoms with E-state index in [1.54, 1.807) is 34.6 Å². The summed E-state index contributed by atoms with van der Waals surface area (Å²) in [7, 11) is 0. The van der Waals surface area contributed by atoms with Crippen molar-refractivity contribution < 1.29 is 107 Å². The Hall–Kier alpha value is -11.2. The summed E-state index contributed by atoms with van der Waals surface area (Å²) in [5.41, 5.74) is 17.2. The summed E-state index contributed by atoms with van der Waals surface area (Å²) in [6, 6.07) is -21.6. The number of nitrogens with two attached hydrogens (primary N) is 3. The molecule has 0 spiro atoms. The normalized spacial score (nSPS) is 15.7. The minimum Gasteiger partial charge on any atom is -0.481 e. The molecule has 25 N–H and O–H groups in total. The fourth-order valence-corrected chi connectivity index (χ4v) is 9.63. The number of H-pyrrole nitrogens is 2. The standard InChI is InChI=1S/C63H100N20O22/c1-11-28(5)47(66)60(101)81-42(24-84)59(100)76-36(13-16-43(64)85)54(95)72-33(10)53(94)82-48(27(3)4)61(102)79-40(20-35-23-68-26-70-35)57(98)73-30(7)50(91)71-31(8)52(93)78-39(19-34-22-67-25-69-34)56(97)74-32(9)51(92)75-37(14-17-45(87)88)55(96)83-49(29(6)12-2)62(103)80-41(21-44(65)86)58(99)77-38(63(104)105)15-18-46(89)90/h22-23,25-33,36-42,47-49,84H,11-21,24,66H2,1-10H3,(H2,64,85)(H2,65,86)(H,67,69)(H,68,70)(H,71,91)(H,72,95)(H,73,98)(H,74,97)(H,75,92)(H,76,100)(H,77,99)(H,78,93)(H,79,102)(H,80,103)(H,81,101)(H,82,94)(H,83,96)(H,87,88)(H,89,90)(H,104,105)/t28-,29-,30-,31-,32-,33-,36-,37-,38-,39-,40-,41-,42-,47-,48-,49-/m0/s1. The molecule has 0 aliphatic heterocycles. The Morgan fingerprint density at radius 2 is 0.724 bits per heavy atom. The van der Waals surface area contributed by atoms with Gasteiger partial charge in [-0.25, -0.2) is 14.8 Å². The van der Waals surface area contributed by atoms with Crippen molar-refractivity contribution in [2.45, 2.75) is 224 Å². The third-order valence-corrected chi connectivity index (χ3v) is 16.5. The third kappa shape index (κ3) is 31.5. The van der Waals surface area contributed by atoms with Crippen LogP contribution in [0.4, 0.5) is 0 Å². The first-order valence-electron chi connectivity index (χ1n) is 33.6. The van der Waals surface area contributed by atoms with E-state index in [9.17, 15) is 102 Å². The molecule has 2 aromatic rings. The van der Waals surface area contributed by atoms with E-state index in [-0.39, 0.29) is 37.3 Å². The quantitative estimate of drug-likeness (QED) is 0.0293. The van der Waals surface area contributed by atoms with Gasteiger partial charge in [-0.2, -0.15) is 0 Å². The molecule has 15 amide bonds. The number of carbonyl (C=O) groups excluding carboxylic acids is 15. The van der Waals surface area contributed by atoms with Crippen molar-refractivity contribution >= 4 is 107 Å². The lowest BCUT2D eigenvalue weighted by Crippen LogP contribution is -2.61. The molecule has 0 aliphatic carbocycles. The van der Waals surface area contributed by atoms with Crippen molar-refractivity contribution in [3.8, 4) is 0 Å². The predicted octanol–water partition coefficient (Wildman–Crippen LogP) is -7.68. The van der Waals surface area contributed by atoms with E-state index >= 15 is 0 Å². The van der Waals surface area contributed by atoms with Gasteiger partial charge in [0.1, 0.15) is 78.5 Å². The number of nitrogens with zero attached hydrogens (tertiary/aromatic N) is 2. The molecule has 16 atom stereocenters. The molecule has 0 saturated carbocycles. The minimum atomic E-state index is -1.86. The Kier molecular flexibility index (Phi) is 38.0. The van der Waals surface area contributed by atoms with Crippen LogP contribution in [0.5, 0.6) is 0 Å². The highest BCUT2D eigenvalue weighted by atomic mass is 16.4. The van der Waals surface area contributed by atoms with E-state index in [0.29, 0.717) is 12.1 Å². The molecule has 0 aliphatic rings. The number of aromatic nitrogens is 4. The monoisotopic (exact) mass is 1490 g/mol. The highest BCUT2D eigenvalue weighted by Crippen LogP contribution is 2.14. The molecule has 2 rings (SSSR count). The molecule has 0 radical (unpaired) electrons. The van der Waals surface area contributed by atoms with Crippen LogP contribution in [0.15, 0.2) is 25.0 Å². The van der Waals surface area contributed by atoms with Crippen molar-refractivity contribution in [2.75, 3.05) is 6.61 Å². The molecule has 0 aromatic carbocycles. The third-order valence-electron chi connectivity index (χ3n) is 16.5. The maximum Gasteiger partial charge on any atom is 0.326 e. The molecule has 42 heteroatoms. The number of aliphatic hydroxyl groups is 1. The number of rotatable bonds is 48. The maximum atomic E-state index is 14.1. The van der Waals surface area contributed by atoms with Crippen molar-refractivity contribution in [1.29, 1.82) is 0 Å². The van der Waals surface area contributed by atoms with Crippen LogP contribution in [0.25, 0.3) is 0 Å². The predicted molar refractivity (Wildman–Crippen MR) is 365 cm³/mol. The van der Waals surface area contributed by atoms with Gasteiger partial charge in [0, 0.05) is 55.9 Å². The number of carboxylic acid groups (broad SMARTS) is 3. The van der Waals surface area contributed by atoms with Gasteiger partial charge in [-0.1, -0.05) is 54.4 Å². The van der Waals surface area contributed by atoms with Crippen LogP contribution in [0.1, 0.15) is 138 Å². The van der Waals surface area contributed by atoms with Crippen LogP contribution in [0.3, 0.4) is 0 Å². The topological polar surface area (TPSA) is 680 Å². The van der Waals surface area contributed by atoms with Crippen LogP contribution < -0.4 is 86.3 Å². The van der Waals surface area contributed by atoms with E-state index in [1.807, 2.05) is 5.32 Å². The SMILES string of the molecule is CC[C@H](C)[C@H](N)C(=O)N[C@@H](CO)C(=O)N[C@@H](CCC(N)=O)C(=O)N[C@@H](C)C(=O)N[C@H](C(=O)N[C@@H](Cc1cnc[nH]1)C(=O)N[C@@H](C)C(=O)N[C@@H](C)C(=O)N[C@@H](Cc1cnc[nH]1)C(=O)N[C@@H](C)C(=O)N[C@@H](CCC(=O)O)C(=O)N[C@H](C(=O)N[C@@H](CC(N)=O)C(=O)N[C@@H](CCC(=O)O)C(=O)O)[C@@H](C)CC)C(C)C. The maximum absolute atomic E-state index is 14.1. The van der Waals surface area contributed by atoms with Gasteiger partial charge < -0.3 is 117 Å². The van der Waals surface area contributed by atoms with E-state index in [2.05, 4.69) is 83.7 Å². The van der Waals surface area contributed by atoms with Gasteiger partial charge >= 0.3 is 17.9 Å². The minimum absolute atomic E-state index is 0.157. The molecule has 0 bridgehead atoms. The van der Waals surface area contributed by atoms with E-state index in [0.717, 1.165) is 6.92 Å². The largest absolute Gasteiger partial charge is 0.481 e. The Morgan fingerprint density at radius 1 is 0.390 bits per heavy atom. The number of hydrogen-bond donors (Lipinski definition) is 22. The number of aliphatic hydroxyl groups excluding tert-OH is 1. The number of amides is 15. The van der Waals surface area contributed by atoms with Crippen molar-refractivity contribution in [1.82, 2.24) is 89.1 Å². The molecule has 2 aromatic heterocycles. The average molecular weight is 1490 g/mol. The number of carbonyl (C=O) groups is 18.